The number of aromatic nitrogens is 4. The van der Waals surface area contributed by atoms with Crippen LogP contribution >= 0.6 is 0 Å². The fourth-order valence-corrected chi connectivity index (χ4v) is 6.54. The summed E-state index contributed by atoms with van der Waals surface area (Å²) in [6.07, 6.45) is 3.89. The first kappa shape index (κ1) is 23.0. The van der Waals surface area contributed by atoms with E-state index in [1.54, 1.807) is 0 Å². The van der Waals surface area contributed by atoms with Gasteiger partial charge in [-0.05, 0) is 77.9 Å². The molecule has 0 bridgehead atoms. The van der Waals surface area contributed by atoms with Crippen molar-refractivity contribution >= 4 is 54.6 Å². The second-order valence-corrected chi connectivity index (χ2v) is 10.7. The lowest BCUT2D eigenvalue weighted by Gasteiger charge is -2.09. The fraction of sp³-hybridized carbons (Fsp3) is 0. The molecule has 4 aromatic heterocycles. The van der Waals surface area contributed by atoms with Crippen molar-refractivity contribution in [1.29, 1.82) is 0 Å². The van der Waals surface area contributed by atoms with Crippen molar-refractivity contribution in [2.75, 3.05) is 0 Å². The molecule has 0 saturated heterocycles. The molecule has 0 saturated carbocycles. The molecule has 0 fully saturated rings. The van der Waals surface area contributed by atoms with E-state index in [1.807, 2.05) is 24.5 Å². The quantitative estimate of drug-likeness (QED) is 0.225. The number of rotatable bonds is 3. The lowest BCUT2D eigenvalue weighted by atomic mass is 10.00. The molecule has 0 aliphatic heterocycles. The average molecular weight is 537 g/mol. The molecule has 5 aromatic carbocycles. The summed E-state index contributed by atoms with van der Waals surface area (Å²) in [6.45, 7) is 0. The number of pyridine rings is 2. The van der Waals surface area contributed by atoms with Gasteiger partial charge in [-0.15, -0.1) is 0 Å². The highest BCUT2D eigenvalue weighted by atomic mass is 15.0. The lowest BCUT2D eigenvalue weighted by Crippen LogP contribution is -1.94. The Morgan fingerprint density at radius 1 is 0.429 bits per heavy atom. The van der Waals surface area contributed by atoms with Crippen LogP contribution in [0.2, 0.25) is 0 Å². The second-order valence-electron chi connectivity index (χ2n) is 10.7. The first-order valence-corrected chi connectivity index (χ1v) is 14.2. The van der Waals surface area contributed by atoms with Crippen LogP contribution in [0.4, 0.5) is 0 Å². The number of benzene rings is 5. The van der Waals surface area contributed by atoms with Gasteiger partial charge in [0.05, 0.1) is 28.3 Å². The van der Waals surface area contributed by atoms with Crippen LogP contribution in [0.3, 0.4) is 0 Å². The van der Waals surface area contributed by atoms with E-state index >= 15 is 0 Å². The van der Waals surface area contributed by atoms with E-state index in [4.69, 9.17) is 9.97 Å². The zero-order valence-electron chi connectivity index (χ0n) is 22.6. The summed E-state index contributed by atoms with van der Waals surface area (Å²) in [6, 6.07) is 47.3. The number of para-hydroxylation sites is 3. The summed E-state index contributed by atoms with van der Waals surface area (Å²) in [5.41, 5.74) is 10.0. The van der Waals surface area contributed by atoms with E-state index in [2.05, 4.69) is 130 Å². The molecule has 42 heavy (non-hydrogen) atoms. The maximum Gasteiger partial charge on any atom is 0.145 e. The van der Waals surface area contributed by atoms with Gasteiger partial charge in [0.2, 0.25) is 0 Å². The second kappa shape index (κ2) is 8.88. The van der Waals surface area contributed by atoms with Gasteiger partial charge in [0.15, 0.2) is 0 Å². The molecule has 0 aliphatic rings. The highest BCUT2D eigenvalue weighted by Gasteiger charge is 2.18. The van der Waals surface area contributed by atoms with Crippen molar-refractivity contribution in [3.8, 4) is 22.5 Å². The maximum absolute atomic E-state index is 4.83. The molecule has 4 heteroatoms. The topological polar surface area (TPSA) is 35.6 Å². The Kier molecular flexibility index (Phi) is 4.87. The minimum Gasteiger partial charge on any atom is -0.308 e. The van der Waals surface area contributed by atoms with Gasteiger partial charge in [-0.2, -0.15) is 0 Å². The average Bonchev–Trinajstić information content (AvgIpc) is 3.58. The summed E-state index contributed by atoms with van der Waals surface area (Å²) >= 11 is 0. The Hall–Kier alpha value is -5.74. The van der Waals surface area contributed by atoms with E-state index in [1.165, 1.54) is 38.2 Å². The van der Waals surface area contributed by atoms with Gasteiger partial charge in [-0.1, -0.05) is 66.7 Å². The molecule has 0 spiro atoms. The standard InChI is InChI=1S/C38H24N4/c1-3-10-27(11-4-1)41-35-20-18-26(23-32(35)37-30-14-7-8-16-33(30)40-24-36(37)41)25-17-19-34-31(22-25)29-15-9-21-39-38(29)42(34)28-12-5-2-6-13-28/h1-24H. The summed E-state index contributed by atoms with van der Waals surface area (Å²) in [4.78, 5) is 9.62. The SMILES string of the molecule is c1ccc(-n2c3ccc(-c4ccc5c(c4)c4cccnc4n5-c4ccccc4)cc3c3c4ccccc4ncc32)cc1. The van der Waals surface area contributed by atoms with Crippen LogP contribution in [-0.2, 0) is 0 Å². The smallest absolute Gasteiger partial charge is 0.145 e. The summed E-state index contributed by atoms with van der Waals surface area (Å²) in [5, 5.41) is 5.96. The van der Waals surface area contributed by atoms with E-state index in [0.29, 0.717) is 0 Å². The van der Waals surface area contributed by atoms with Gasteiger partial charge in [0, 0.05) is 44.5 Å². The van der Waals surface area contributed by atoms with Crippen molar-refractivity contribution in [3.05, 3.63) is 146 Å². The van der Waals surface area contributed by atoms with E-state index in [9.17, 15) is 0 Å². The third kappa shape index (κ3) is 3.29. The fourth-order valence-electron chi connectivity index (χ4n) is 6.54. The largest absolute Gasteiger partial charge is 0.308 e. The Morgan fingerprint density at radius 2 is 1.05 bits per heavy atom. The third-order valence-electron chi connectivity index (χ3n) is 8.39. The lowest BCUT2D eigenvalue weighted by molar-refractivity contribution is 1.14. The molecule has 196 valence electrons. The van der Waals surface area contributed by atoms with Crippen LogP contribution in [0, 0.1) is 0 Å². The van der Waals surface area contributed by atoms with Crippen LogP contribution in [0.5, 0.6) is 0 Å². The van der Waals surface area contributed by atoms with Gasteiger partial charge < -0.3 is 4.57 Å². The van der Waals surface area contributed by atoms with Crippen molar-refractivity contribution in [2.45, 2.75) is 0 Å². The van der Waals surface area contributed by atoms with Crippen LogP contribution in [0.25, 0.3) is 77.1 Å². The summed E-state index contributed by atoms with van der Waals surface area (Å²) in [7, 11) is 0. The highest BCUT2D eigenvalue weighted by molar-refractivity contribution is 6.21. The molecule has 4 nitrogen and oxygen atoms in total. The Morgan fingerprint density at radius 3 is 1.81 bits per heavy atom. The predicted molar refractivity (Wildman–Crippen MR) is 174 cm³/mol. The number of hydrogen-bond donors (Lipinski definition) is 0. The molecular formula is C38H24N4. The van der Waals surface area contributed by atoms with E-state index < -0.39 is 0 Å². The monoisotopic (exact) mass is 536 g/mol. The number of fused-ring (bicyclic) bond motifs is 8. The predicted octanol–water partition coefficient (Wildman–Crippen LogP) is 9.49. The van der Waals surface area contributed by atoms with Gasteiger partial charge in [-0.25, -0.2) is 4.98 Å². The van der Waals surface area contributed by atoms with Crippen LogP contribution < -0.4 is 0 Å². The number of nitrogens with zero attached hydrogens (tertiary/aromatic N) is 4. The van der Waals surface area contributed by atoms with Gasteiger partial charge >= 0.3 is 0 Å². The molecule has 9 aromatic rings. The highest BCUT2D eigenvalue weighted by Crippen LogP contribution is 2.39. The molecule has 0 N–H and O–H groups in total. The van der Waals surface area contributed by atoms with Crippen LogP contribution in [0.1, 0.15) is 0 Å². The molecule has 0 atom stereocenters. The minimum absolute atomic E-state index is 0.969. The molecule has 4 heterocycles. The van der Waals surface area contributed by atoms with Crippen molar-refractivity contribution in [1.82, 2.24) is 19.1 Å². The Balaban J connectivity index is 1.32. The van der Waals surface area contributed by atoms with Gasteiger partial charge in [-0.3, -0.25) is 9.55 Å². The molecule has 9 rings (SSSR count). The first-order chi connectivity index (χ1) is 20.8. The maximum atomic E-state index is 4.83. The third-order valence-corrected chi connectivity index (χ3v) is 8.39. The van der Waals surface area contributed by atoms with Crippen molar-refractivity contribution in [3.63, 3.8) is 0 Å². The Labute approximate surface area is 241 Å². The molecule has 0 amide bonds. The Bertz CT molecular complexity index is 2450. The first-order valence-electron chi connectivity index (χ1n) is 14.2. The van der Waals surface area contributed by atoms with E-state index in [0.717, 1.165) is 39.0 Å². The zero-order chi connectivity index (χ0) is 27.6. The molecule has 0 unspecified atom stereocenters. The van der Waals surface area contributed by atoms with Crippen molar-refractivity contribution in [2.24, 2.45) is 0 Å². The summed E-state index contributed by atoms with van der Waals surface area (Å²) < 4.78 is 4.58. The van der Waals surface area contributed by atoms with Gasteiger partial charge in [0.1, 0.15) is 5.65 Å². The number of hydrogen-bond acceptors (Lipinski definition) is 2. The van der Waals surface area contributed by atoms with Crippen LogP contribution in [-0.4, -0.2) is 19.1 Å². The molecule has 0 aliphatic carbocycles. The van der Waals surface area contributed by atoms with Crippen LogP contribution in [0.15, 0.2) is 146 Å². The molecule has 0 radical (unpaired) electrons. The normalized spacial score (nSPS) is 11.8. The minimum atomic E-state index is 0.969. The molecular weight excluding hydrogens is 512 g/mol. The zero-order valence-corrected chi connectivity index (χ0v) is 22.6. The van der Waals surface area contributed by atoms with E-state index in [-0.39, 0.29) is 0 Å². The summed E-state index contributed by atoms with van der Waals surface area (Å²) in [5.74, 6) is 0. The van der Waals surface area contributed by atoms with Gasteiger partial charge in [0.25, 0.3) is 0 Å². The van der Waals surface area contributed by atoms with Crippen molar-refractivity contribution < 1.29 is 0 Å².